The predicted molar refractivity (Wildman–Crippen MR) is 35.3 cm³/mol. The lowest BCUT2D eigenvalue weighted by Gasteiger charge is -2.14. The van der Waals surface area contributed by atoms with Crippen molar-refractivity contribution in [3.8, 4) is 0 Å². The number of ether oxygens (including phenoxy) is 1. The highest BCUT2D eigenvalue weighted by molar-refractivity contribution is 4.71. The lowest BCUT2D eigenvalue weighted by atomic mass is 10.1. The second-order valence-electron chi connectivity index (χ2n) is 2.53. The highest BCUT2D eigenvalue weighted by Crippen LogP contribution is 2.16. The van der Waals surface area contributed by atoms with Crippen LogP contribution in [-0.4, -0.2) is 23.9 Å². The zero-order valence-electron chi connectivity index (χ0n) is 5.84. The van der Waals surface area contributed by atoms with Crippen molar-refractivity contribution in [3.63, 3.8) is 0 Å². The zero-order valence-corrected chi connectivity index (χ0v) is 5.84. The third-order valence-corrected chi connectivity index (χ3v) is 1.81. The Morgan fingerprint density at radius 3 is 3.00 bits per heavy atom. The Bertz CT molecular complexity index is 77.0. The summed E-state index contributed by atoms with van der Waals surface area (Å²) in [5.74, 6) is 0. The summed E-state index contributed by atoms with van der Waals surface area (Å²) in [5.41, 5.74) is 0. The number of aliphatic hydroxyl groups excluding tert-OH is 1. The SMILES string of the molecule is CC[C@@H](O)[C@H]1CCCO1. The molecule has 54 valence electrons. The molecule has 0 aliphatic carbocycles. The van der Waals surface area contributed by atoms with Crippen molar-refractivity contribution in [1.82, 2.24) is 0 Å². The molecule has 0 aromatic rings. The second-order valence-corrected chi connectivity index (χ2v) is 2.53. The van der Waals surface area contributed by atoms with E-state index in [2.05, 4.69) is 0 Å². The van der Waals surface area contributed by atoms with Crippen molar-refractivity contribution in [2.75, 3.05) is 6.61 Å². The number of hydrogen-bond acceptors (Lipinski definition) is 2. The Balaban J connectivity index is 2.24. The standard InChI is InChI=1S/C7H14O2/c1-2-6(8)7-4-3-5-9-7/h6-8H,2-5H2,1H3/t6-,7-/m1/s1. The van der Waals surface area contributed by atoms with Crippen LogP contribution >= 0.6 is 0 Å². The van der Waals surface area contributed by atoms with Crippen LogP contribution in [-0.2, 0) is 4.74 Å². The van der Waals surface area contributed by atoms with Gasteiger partial charge in [0, 0.05) is 6.61 Å². The Morgan fingerprint density at radius 2 is 2.56 bits per heavy atom. The van der Waals surface area contributed by atoms with Gasteiger partial charge in [-0.2, -0.15) is 0 Å². The molecule has 0 radical (unpaired) electrons. The molecule has 0 unspecified atom stereocenters. The minimum atomic E-state index is -0.229. The zero-order chi connectivity index (χ0) is 6.69. The van der Waals surface area contributed by atoms with Gasteiger partial charge in [-0.25, -0.2) is 0 Å². The van der Waals surface area contributed by atoms with Crippen molar-refractivity contribution in [2.45, 2.75) is 38.4 Å². The van der Waals surface area contributed by atoms with Crippen LogP contribution in [0.15, 0.2) is 0 Å². The van der Waals surface area contributed by atoms with E-state index in [0.29, 0.717) is 0 Å². The molecule has 0 aromatic carbocycles. The molecule has 1 rings (SSSR count). The molecule has 1 heterocycles. The summed E-state index contributed by atoms with van der Waals surface area (Å²) in [5, 5.41) is 9.23. The molecule has 0 amide bonds. The van der Waals surface area contributed by atoms with E-state index in [1.807, 2.05) is 6.92 Å². The molecule has 1 aliphatic rings. The lowest BCUT2D eigenvalue weighted by Crippen LogP contribution is -2.23. The highest BCUT2D eigenvalue weighted by Gasteiger charge is 2.21. The molecule has 0 saturated carbocycles. The van der Waals surface area contributed by atoms with Gasteiger partial charge in [0.05, 0.1) is 12.2 Å². The first-order valence-electron chi connectivity index (χ1n) is 3.64. The van der Waals surface area contributed by atoms with Crippen LogP contribution in [0.1, 0.15) is 26.2 Å². The Morgan fingerprint density at radius 1 is 1.78 bits per heavy atom. The van der Waals surface area contributed by atoms with Crippen molar-refractivity contribution in [2.24, 2.45) is 0 Å². The fourth-order valence-electron chi connectivity index (χ4n) is 1.17. The fraction of sp³-hybridized carbons (Fsp3) is 1.00. The molecule has 1 saturated heterocycles. The summed E-state index contributed by atoms with van der Waals surface area (Å²) >= 11 is 0. The van der Waals surface area contributed by atoms with Crippen molar-refractivity contribution >= 4 is 0 Å². The maximum atomic E-state index is 9.23. The predicted octanol–water partition coefficient (Wildman–Crippen LogP) is 0.936. The van der Waals surface area contributed by atoms with Crippen molar-refractivity contribution in [3.05, 3.63) is 0 Å². The normalized spacial score (nSPS) is 30.7. The topological polar surface area (TPSA) is 29.5 Å². The molecule has 1 N–H and O–H groups in total. The molecule has 0 spiro atoms. The molecular weight excluding hydrogens is 116 g/mol. The summed E-state index contributed by atoms with van der Waals surface area (Å²) in [6, 6.07) is 0. The minimum Gasteiger partial charge on any atom is -0.390 e. The van der Waals surface area contributed by atoms with Gasteiger partial charge in [-0.05, 0) is 19.3 Å². The summed E-state index contributed by atoms with van der Waals surface area (Å²) in [7, 11) is 0. The first-order valence-corrected chi connectivity index (χ1v) is 3.64. The number of aliphatic hydroxyl groups is 1. The van der Waals surface area contributed by atoms with Crippen LogP contribution in [0.2, 0.25) is 0 Å². The molecule has 0 aromatic heterocycles. The largest absolute Gasteiger partial charge is 0.390 e. The van der Waals surface area contributed by atoms with E-state index >= 15 is 0 Å². The van der Waals surface area contributed by atoms with Crippen LogP contribution in [0, 0.1) is 0 Å². The molecular formula is C7H14O2. The summed E-state index contributed by atoms with van der Waals surface area (Å²) in [6.07, 6.45) is 2.86. The fourth-order valence-corrected chi connectivity index (χ4v) is 1.17. The van der Waals surface area contributed by atoms with Gasteiger partial charge < -0.3 is 9.84 Å². The number of rotatable bonds is 2. The van der Waals surface area contributed by atoms with Gasteiger partial charge >= 0.3 is 0 Å². The highest BCUT2D eigenvalue weighted by atomic mass is 16.5. The van der Waals surface area contributed by atoms with Crippen LogP contribution in [0.3, 0.4) is 0 Å². The summed E-state index contributed by atoms with van der Waals surface area (Å²) in [4.78, 5) is 0. The Hall–Kier alpha value is -0.0800. The van der Waals surface area contributed by atoms with Gasteiger partial charge in [-0.3, -0.25) is 0 Å². The van der Waals surface area contributed by atoms with Gasteiger partial charge in [0.15, 0.2) is 0 Å². The van der Waals surface area contributed by atoms with E-state index in [4.69, 9.17) is 4.74 Å². The monoisotopic (exact) mass is 130 g/mol. The second kappa shape index (κ2) is 3.18. The van der Waals surface area contributed by atoms with Crippen LogP contribution < -0.4 is 0 Å². The van der Waals surface area contributed by atoms with E-state index in [1.54, 1.807) is 0 Å². The van der Waals surface area contributed by atoms with Crippen LogP contribution in [0.5, 0.6) is 0 Å². The molecule has 0 bridgehead atoms. The molecule has 2 atom stereocenters. The lowest BCUT2D eigenvalue weighted by molar-refractivity contribution is -0.00279. The summed E-state index contributed by atoms with van der Waals surface area (Å²) in [6.45, 7) is 2.81. The van der Waals surface area contributed by atoms with Gasteiger partial charge in [0.25, 0.3) is 0 Å². The smallest absolute Gasteiger partial charge is 0.0834 e. The maximum Gasteiger partial charge on any atom is 0.0834 e. The molecule has 1 aliphatic heterocycles. The molecule has 1 fully saturated rings. The maximum absolute atomic E-state index is 9.23. The molecule has 9 heavy (non-hydrogen) atoms. The Kier molecular flexibility index (Phi) is 2.49. The van der Waals surface area contributed by atoms with E-state index in [-0.39, 0.29) is 12.2 Å². The minimum absolute atomic E-state index is 0.134. The number of hydrogen-bond donors (Lipinski definition) is 1. The van der Waals surface area contributed by atoms with E-state index < -0.39 is 0 Å². The van der Waals surface area contributed by atoms with Crippen molar-refractivity contribution in [1.29, 1.82) is 0 Å². The van der Waals surface area contributed by atoms with E-state index in [1.165, 1.54) is 0 Å². The van der Waals surface area contributed by atoms with Crippen molar-refractivity contribution < 1.29 is 9.84 Å². The van der Waals surface area contributed by atoms with E-state index in [9.17, 15) is 5.11 Å². The first kappa shape index (κ1) is 7.03. The van der Waals surface area contributed by atoms with Gasteiger partial charge in [0.1, 0.15) is 0 Å². The molecule has 2 nitrogen and oxygen atoms in total. The average Bonchev–Trinajstić information content (AvgIpc) is 2.37. The van der Waals surface area contributed by atoms with Gasteiger partial charge in [-0.1, -0.05) is 6.92 Å². The third kappa shape index (κ3) is 1.66. The Labute approximate surface area is 55.8 Å². The first-order chi connectivity index (χ1) is 4.34. The van der Waals surface area contributed by atoms with Gasteiger partial charge in [-0.15, -0.1) is 0 Å². The van der Waals surface area contributed by atoms with Crippen LogP contribution in [0.4, 0.5) is 0 Å². The quantitative estimate of drug-likeness (QED) is 0.602. The third-order valence-electron chi connectivity index (χ3n) is 1.81. The van der Waals surface area contributed by atoms with E-state index in [0.717, 1.165) is 25.9 Å². The molecule has 2 heteroatoms. The van der Waals surface area contributed by atoms with Crippen LogP contribution in [0.25, 0.3) is 0 Å². The van der Waals surface area contributed by atoms with Gasteiger partial charge in [0.2, 0.25) is 0 Å². The average molecular weight is 130 g/mol. The summed E-state index contributed by atoms with van der Waals surface area (Å²) < 4.78 is 5.26.